The van der Waals surface area contributed by atoms with E-state index in [0.717, 1.165) is 0 Å². The van der Waals surface area contributed by atoms with E-state index in [2.05, 4.69) is 4.74 Å². The highest BCUT2D eigenvalue weighted by Crippen LogP contribution is 2.64. The first-order chi connectivity index (χ1) is 9.50. The molecule has 0 radical (unpaired) electrons. The summed E-state index contributed by atoms with van der Waals surface area (Å²) in [6, 6.07) is -13.4. The van der Waals surface area contributed by atoms with Crippen LogP contribution in [0.2, 0.25) is 0 Å². The van der Waals surface area contributed by atoms with Crippen LogP contribution in [0.1, 0.15) is 0 Å². The number of hydrogen-bond donors (Lipinski definition) is 0. The fraction of sp³-hybridized carbons (Fsp3) is 0.750. The molecule has 2 nitrogen and oxygen atoms in total. The van der Waals surface area contributed by atoms with Gasteiger partial charge < -0.3 is 4.74 Å². The number of nitrogens with zero attached hydrogens (tertiary/aromatic N) is 1. The molecule has 0 spiro atoms. The van der Waals surface area contributed by atoms with Crippen LogP contribution in [0.4, 0.5) is 52.7 Å². The van der Waals surface area contributed by atoms with Gasteiger partial charge in [0, 0.05) is 7.11 Å². The Morgan fingerprint density at radius 1 is 0.818 bits per heavy atom. The highest BCUT2D eigenvalue weighted by molar-refractivity contribution is 5.20. The van der Waals surface area contributed by atoms with Crippen molar-refractivity contribution in [2.45, 2.75) is 30.0 Å². The number of halogens is 12. The van der Waals surface area contributed by atoms with Gasteiger partial charge in [-0.15, -0.1) is 0 Å². The van der Waals surface area contributed by atoms with Crippen molar-refractivity contribution in [3.8, 4) is 0 Å². The molecular formula is C8H3F12NO. The monoisotopic (exact) mass is 357 g/mol. The third-order valence-electron chi connectivity index (χ3n) is 2.60. The first-order valence-corrected chi connectivity index (χ1v) is 4.80. The van der Waals surface area contributed by atoms with Crippen molar-refractivity contribution < 1.29 is 57.4 Å². The Bertz CT molecular complexity index is 471. The van der Waals surface area contributed by atoms with E-state index in [1.807, 2.05) is 0 Å². The van der Waals surface area contributed by atoms with Gasteiger partial charge in [0.25, 0.3) is 5.83 Å². The normalized spacial score (nSPS) is 26.9. The standard InChI is InChI=1S/C8H3F12NO/c1-22-4(11,12)2(9)3(10)21-7(17,18)5(13,14)6(15,16)8(21,19)20/h1H3/b3-2+. The lowest BCUT2D eigenvalue weighted by molar-refractivity contribution is -0.303. The van der Waals surface area contributed by atoms with E-state index < -0.39 is 46.7 Å². The molecule has 1 fully saturated rings. The SMILES string of the molecule is COC(F)(F)/C(F)=C(/F)N1C(F)(F)C(F)(F)C(F)(F)C1(F)F. The largest absolute Gasteiger partial charge is 0.413 e. The molecule has 1 heterocycles. The zero-order valence-corrected chi connectivity index (χ0v) is 9.89. The molecule has 1 saturated heterocycles. The van der Waals surface area contributed by atoms with Crippen LogP contribution in [0.3, 0.4) is 0 Å². The van der Waals surface area contributed by atoms with Gasteiger partial charge in [-0.05, 0) is 0 Å². The van der Waals surface area contributed by atoms with Gasteiger partial charge in [0.2, 0.25) is 5.95 Å². The Hall–Kier alpha value is -1.34. The summed E-state index contributed by atoms with van der Waals surface area (Å²) >= 11 is 0. The number of ether oxygens (including phenoxy) is 1. The topological polar surface area (TPSA) is 12.5 Å². The highest BCUT2D eigenvalue weighted by atomic mass is 19.4. The van der Waals surface area contributed by atoms with Gasteiger partial charge >= 0.3 is 30.0 Å². The van der Waals surface area contributed by atoms with Crippen LogP contribution in [-0.2, 0) is 4.74 Å². The summed E-state index contributed by atoms with van der Waals surface area (Å²) in [5, 5.41) is 0. The third-order valence-corrected chi connectivity index (χ3v) is 2.60. The van der Waals surface area contributed by atoms with E-state index in [-0.39, 0.29) is 7.11 Å². The molecule has 0 aliphatic carbocycles. The van der Waals surface area contributed by atoms with Crippen molar-refractivity contribution in [2.24, 2.45) is 0 Å². The summed E-state index contributed by atoms with van der Waals surface area (Å²) in [7, 11) is -0.0314. The van der Waals surface area contributed by atoms with Gasteiger partial charge in [0.1, 0.15) is 0 Å². The molecule has 0 N–H and O–H groups in total. The molecule has 1 aliphatic rings. The summed E-state index contributed by atoms with van der Waals surface area (Å²) in [6.07, 6.45) is -5.44. The maximum absolute atomic E-state index is 13.1. The first-order valence-electron chi connectivity index (χ1n) is 4.80. The van der Waals surface area contributed by atoms with Crippen LogP contribution in [0.5, 0.6) is 0 Å². The van der Waals surface area contributed by atoms with Crippen molar-refractivity contribution in [1.82, 2.24) is 4.90 Å². The molecule has 0 aromatic heterocycles. The second-order valence-corrected chi connectivity index (χ2v) is 3.89. The van der Waals surface area contributed by atoms with Crippen LogP contribution in [0.25, 0.3) is 0 Å². The summed E-state index contributed by atoms with van der Waals surface area (Å²) in [5.41, 5.74) is 0. The number of methoxy groups -OCH3 is 1. The average molecular weight is 357 g/mol. The Morgan fingerprint density at radius 3 is 1.41 bits per heavy atom. The summed E-state index contributed by atoms with van der Waals surface area (Å²) in [5.74, 6) is -21.6. The Labute approximate surface area is 112 Å². The van der Waals surface area contributed by atoms with Crippen molar-refractivity contribution in [1.29, 1.82) is 0 Å². The van der Waals surface area contributed by atoms with E-state index >= 15 is 0 Å². The molecule has 14 heteroatoms. The summed E-state index contributed by atoms with van der Waals surface area (Å²) < 4.78 is 157. The third kappa shape index (κ3) is 1.95. The van der Waals surface area contributed by atoms with Gasteiger partial charge in [-0.3, -0.25) is 0 Å². The minimum atomic E-state index is -6.89. The molecular weight excluding hydrogens is 354 g/mol. The molecule has 130 valence electrons. The molecule has 0 amide bonds. The van der Waals surface area contributed by atoms with E-state index in [0.29, 0.717) is 0 Å². The van der Waals surface area contributed by atoms with Crippen LogP contribution in [0, 0.1) is 0 Å². The van der Waals surface area contributed by atoms with E-state index in [1.54, 1.807) is 0 Å². The maximum Gasteiger partial charge on any atom is 0.413 e. The van der Waals surface area contributed by atoms with Gasteiger partial charge in [0.15, 0.2) is 0 Å². The van der Waals surface area contributed by atoms with Gasteiger partial charge in [-0.25, -0.2) is 4.90 Å². The van der Waals surface area contributed by atoms with Gasteiger partial charge in [-0.1, -0.05) is 0 Å². The predicted molar refractivity (Wildman–Crippen MR) is 42.8 cm³/mol. The smallest absolute Gasteiger partial charge is 0.318 e. The molecule has 1 rings (SSSR count). The second kappa shape index (κ2) is 4.58. The highest BCUT2D eigenvalue weighted by Gasteiger charge is 2.94. The lowest BCUT2D eigenvalue weighted by Gasteiger charge is -2.29. The fourth-order valence-electron chi connectivity index (χ4n) is 1.39. The van der Waals surface area contributed by atoms with Crippen LogP contribution in [0.15, 0.2) is 11.8 Å². The van der Waals surface area contributed by atoms with Crippen molar-refractivity contribution in [2.75, 3.05) is 7.11 Å². The maximum atomic E-state index is 13.1. The van der Waals surface area contributed by atoms with E-state index in [4.69, 9.17) is 0 Å². The fourth-order valence-corrected chi connectivity index (χ4v) is 1.39. The molecule has 22 heavy (non-hydrogen) atoms. The molecule has 0 aromatic rings. The molecule has 1 aliphatic heterocycles. The van der Waals surface area contributed by atoms with Gasteiger partial charge in [-0.2, -0.15) is 52.7 Å². The second-order valence-electron chi connectivity index (χ2n) is 3.89. The van der Waals surface area contributed by atoms with Gasteiger partial charge in [0.05, 0.1) is 0 Å². The number of likely N-dealkylation sites (tertiary alicyclic amines) is 1. The molecule has 0 unspecified atom stereocenters. The Morgan fingerprint density at radius 2 is 1.14 bits per heavy atom. The number of rotatable bonds is 3. The van der Waals surface area contributed by atoms with Crippen molar-refractivity contribution in [3.63, 3.8) is 0 Å². The Balaban J connectivity index is 3.63. The number of alkyl halides is 10. The zero-order chi connectivity index (χ0) is 17.9. The predicted octanol–water partition coefficient (Wildman–Crippen LogP) is 4.11. The van der Waals surface area contributed by atoms with Crippen LogP contribution < -0.4 is 0 Å². The minimum absolute atomic E-state index is 0.0314. The first kappa shape index (κ1) is 18.7. The summed E-state index contributed by atoms with van der Waals surface area (Å²) in [4.78, 5) is -3.04. The van der Waals surface area contributed by atoms with Crippen LogP contribution in [-0.4, -0.2) is 42.1 Å². The van der Waals surface area contributed by atoms with E-state index in [9.17, 15) is 52.7 Å². The lowest BCUT2D eigenvalue weighted by Crippen LogP contribution is -2.51. The van der Waals surface area contributed by atoms with Crippen molar-refractivity contribution >= 4 is 0 Å². The average Bonchev–Trinajstić information content (AvgIpc) is 2.42. The Kier molecular flexibility index (Phi) is 3.89. The zero-order valence-electron chi connectivity index (χ0n) is 9.89. The van der Waals surface area contributed by atoms with Crippen LogP contribution >= 0.6 is 0 Å². The minimum Gasteiger partial charge on any atom is -0.318 e. The summed E-state index contributed by atoms with van der Waals surface area (Å²) in [6.45, 7) is 0. The van der Waals surface area contributed by atoms with E-state index in [1.165, 1.54) is 0 Å². The molecule has 0 bridgehead atoms. The molecule has 0 aromatic carbocycles. The van der Waals surface area contributed by atoms with Crippen molar-refractivity contribution in [3.05, 3.63) is 11.8 Å². The lowest BCUT2D eigenvalue weighted by atomic mass is 10.2. The quantitative estimate of drug-likeness (QED) is 0.557. The number of hydrogen-bond acceptors (Lipinski definition) is 2. The molecule has 0 saturated carbocycles. The molecule has 0 atom stereocenters.